The highest BCUT2D eigenvalue weighted by Crippen LogP contribution is 2.43. The molecule has 4 aromatic rings. The lowest BCUT2D eigenvalue weighted by Gasteiger charge is -2.06. The lowest BCUT2D eigenvalue weighted by Crippen LogP contribution is -1.97. The van der Waals surface area contributed by atoms with E-state index in [2.05, 4.69) is 15.0 Å². The number of fused-ring (bicyclic) bond motifs is 3. The average Bonchev–Trinajstić information content (AvgIpc) is 3.27. The normalized spacial score (nSPS) is 12.8. The number of ether oxygens (including phenoxy) is 1. The van der Waals surface area contributed by atoms with E-state index in [9.17, 15) is 8.78 Å². The molecule has 0 amide bonds. The number of nitrogens with one attached hydrogen (secondary N) is 1. The van der Waals surface area contributed by atoms with Crippen LogP contribution in [0, 0.1) is 11.6 Å². The van der Waals surface area contributed by atoms with E-state index in [1.165, 1.54) is 18.5 Å². The van der Waals surface area contributed by atoms with Crippen molar-refractivity contribution >= 4 is 22.9 Å². The minimum atomic E-state index is -0.654. The molecule has 8 heteroatoms. The van der Waals surface area contributed by atoms with Crippen LogP contribution in [0.4, 0.5) is 8.78 Å². The molecular weight excluding hydrogens is 404 g/mol. The third-order valence-electron chi connectivity index (χ3n) is 4.55. The Balaban J connectivity index is 1.65. The Labute approximate surface area is 167 Å². The Kier molecular flexibility index (Phi) is 4.14. The van der Waals surface area contributed by atoms with E-state index in [4.69, 9.17) is 16.3 Å². The highest BCUT2D eigenvalue weighted by atomic mass is 35.5. The number of pyridine rings is 1. The molecule has 4 heterocycles. The SMILES string of the molecule is Fc1ccc(-c2nc[nH]c2-c2cc3c(s2)CCOc2ccc(Cl)nc2-3)c(F)c1. The van der Waals surface area contributed by atoms with Gasteiger partial charge in [0.15, 0.2) is 0 Å². The molecule has 4 nitrogen and oxygen atoms in total. The van der Waals surface area contributed by atoms with E-state index in [1.54, 1.807) is 17.4 Å². The second kappa shape index (κ2) is 6.68. The molecule has 0 atom stereocenters. The van der Waals surface area contributed by atoms with Gasteiger partial charge in [0.1, 0.15) is 28.2 Å². The van der Waals surface area contributed by atoms with Crippen LogP contribution in [-0.4, -0.2) is 21.6 Å². The van der Waals surface area contributed by atoms with Crippen molar-refractivity contribution in [1.82, 2.24) is 15.0 Å². The van der Waals surface area contributed by atoms with Gasteiger partial charge in [-0.2, -0.15) is 0 Å². The van der Waals surface area contributed by atoms with Crippen molar-refractivity contribution in [1.29, 1.82) is 0 Å². The van der Waals surface area contributed by atoms with Gasteiger partial charge in [0, 0.05) is 28.5 Å². The third kappa shape index (κ3) is 2.87. The van der Waals surface area contributed by atoms with Gasteiger partial charge in [-0.15, -0.1) is 11.3 Å². The summed E-state index contributed by atoms with van der Waals surface area (Å²) >= 11 is 7.65. The number of nitrogens with zero attached hydrogens (tertiary/aromatic N) is 2. The van der Waals surface area contributed by atoms with Crippen LogP contribution in [0.25, 0.3) is 33.1 Å². The van der Waals surface area contributed by atoms with E-state index >= 15 is 0 Å². The predicted octanol–water partition coefficient (Wildman–Crippen LogP) is 5.73. The van der Waals surface area contributed by atoms with Crippen LogP contribution in [0.2, 0.25) is 5.15 Å². The molecule has 0 unspecified atom stereocenters. The molecule has 28 heavy (non-hydrogen) atoms. The standard InChI is InChI=1S/C20H12ClF2N3OS/c21-17-4-3-14-18(26-17)12-8-16(28-15(12)5-6-27-14)20-19(24-9-25-20)11-2-1-10(22)7-13(11)23/h1-4,7-9H,5-6H2,(H,24,25). The summed E-state index contributed by atoms with van der Waals surface area (Å²) in [6.07, 6.45) is 2.23. The molecule has 140 valence electrons. The maximum atomic E-state index is 14.3. The molecule has 1 aliphatic heterocycles. The minimum absolute atomic E-state index is 0.242. The summed E-state index contributed by atoms with van der Waals surface area (Å²) in [6.45, 7) is 0.533. The van der Waals surface area contributed by atoms with Crippen LogP contribution in [0.1, 0.15) is 4.88 Å². The number of rotatable bonds is 2. The number of aromatic nitrogens is 3. The van der Waals surface area contributed by atoms with E-state index in [0.717, 1.165) is 27.8 Å². The van der Waals surface area contributed by atoms with Crippen molar-refractivity contribution in [2.45, 2.75) is 6.42 Å². The Morgan fingerprint density at radius 1 is 1.07 bits per heavy atom. The predicted molar refractivity (Wildman–Crippen MR) is 105 cm³/mol. The van der Waals surface area contributed by atoms with Crippen LogP contribution in [0.3, 0.4) is 0 Å². The summed E-state index contributed by atoms with van der Waals surface area (Å²) in [4.78, 5) is 13.8. The van der Waals surface area contributed by atoms with Gasteiger partial charge in [-0.3, -0.25) is 0 Å². The number of hydrogen-bond acceptors (Lipinski definition) is 4. The number of benzene rings is 1. The molecule has 0 saturated carbocycles. The zero-order valence-corrected chi connectivity index (χ0v) is 15.9. The zero-order valence-electron chi connectivity index (χ0n) is 14.3. The van der Waals surface area contributed by atoms with Crippen LogP contribution in [0.5, 0.6) is 5.75 Å². The molecule has 0 bridgehead atoms. The lowest BCUT2D eigenvalue weighted by atomic mass is 10.1. The third-order valence-corrected chi connectivity index (χ3v) is 5.97. The first-order valence-electron chi connectivity index (χ1n) is 8.52. The Morgan fingerprint density at radius 3 is 2.82 bits per heavy atom. The molecule has 1 N–H and O–H groups in total. The van der Waals surface area contributed by atoms with Gasteiger partial charge >= 0.3 is 0 Å². The highest BCUT2D eigenvalue weighted by molar-refractivity contribution is 7.16. The first kappa shape index (κ1) is 17.3. The van der Waals surface area contributed by atoms with Crippen molar-refractivity contribution in [2.75, 3.05) is 6.61 Å². The van der Waals surface area contributed by atoms with Gasteiger partial charge in [0.25, 0.3) is 0 Å². The fraction of sp³-hybridized carbons (Fsp3) is 0.100. The minimum Gasteiger partial charge on any atom is -0.491 e. The van der Waals surface area contributed by atoms with Gasteiger partial charge < -0.3 is 9.72 Å². The molecule has 0 aliphatic carbocycles. The Hall–Kier alpha value is -2.77. The van der Waals surface area contributed by atoms with E-state index < -0.39 is 11.6 Å². The average molecular weight is 416 g/mol. The monoisotopic (exact) mass is 415 g/mol. The number of aromatic amines is 1. The number of imidazole rings is 1. The van der Waals surface area contributed by atoms with E-state index in [-0.39, 0.29) is 5.56 Å². The van der Waals surface area contributed by atoms with Gasteiger partial charge in [-0.1, -0.05) is 11.6 Å². The van der Waals surface area contributed by atoms with Gasteiger partial charge in [0.05, 0.1) is 29.2 Å². The van der Waals surface area contributed by atoms with E-state index in [1.807, 2.05) is 12.1 Å². The second-order valence-corrected chi connectivity index (χ2v) is 7.80. The number of hydrogen-bond donors (Lipinski definition) is 1. The molecule has 1 aliphatic rings. The molecular formula is C20H12ClF2N3OS. The van der Waals surface area contributed by atoms with Crippen molar-refractivity contribution in [3.05, 3.63) is 64.4 Å². The number of halogens is 3. The van der Waals surface area contributed by atoms with Gasteiger partial charge in [-0.25, -0.2) is 18.7 Å². The number of thiophene rings is 1. The summed E-state index contributed by atoms with van der Waals surface area (Å²) in [6, 6.07) is 8.97. The molecule has 1 aromatic carbocycles. The topological polar surface area (TPSA) is 50.8 Å². The molecule has 5 rings (SSSR count). The van der Waals surface area contributed by atoms with Gasteiger partial charge in [0.2, 0.25) is 0 Å². The first-order chi connectivity index (χ1) is 13.6. The Bertz CT molecular complexity index is 1200. The molecule has 0 spiro atoms. The second-order valence-electron chi connectivity index (χ2n) is 6.28. The fourth-order valence-corrected chi connectivity index (χ4v) is 4.59. The quantitative estimate of drug-likeness (QED) is 0.425. The molecule has 0 saturated heterocycles. The zero-order chi connectivity index (χ0) is 19.3. The van der Waals surface area contributed by atoms with Crippen LogP contribution >= 0.6 is 22.9 Å². The molecule has 0 radical (unpaired) electrons. The first-order valence-corrected chi connectivity index (χ1v) is 9.71. The lowest BCUT2D eigenvalue weighted by molar-refractivity contribution is 0.326. The Morgan fingerprint density at radius 2 is 1.96 bits per heavy atom. The number of H-pyrrole nitrogens is 1. The summed E-state index contributed by atoms with van der Waals surface area (Å²) < 4.78 is 33.4. The maximum Gasteiger partial charge on any atom is 0.145 e. The summed E-state index contributed by atoms with van der Waals surface area (Å²) in [5, 5.41) is 0.388. The largest absolute Gasteiger partial charge is 0.491 e. The smallest absolute Gasteiger partial charge is 0.145 e. The maximum absolute atomic E-state index is 14.3. The molecule has 0 fully saturated rings. The van der Waals surface area contributed by atoms with Crippen molar-refractivity contribution in [2.24, 2.45) is 0 Å². The van der Waals surface area contributed by atoms with Crippen molar-refractivity contribution < 1.29 is 13.5 Å². The van der Waals surface area contributed by atoms with Crippen molar-refractivity contribution in [3.63, 3.8) is 0 Å². The van der Waals surface area contributed by atoms with Gasteiger partial charge in [-0.05, 0) is 30.3 Å². The van der Waals surface area contributed by atoms with Crippen LogP contribution in [0.15, 0.2) is 42.7 Å². The molecule has 3 aromatic heterocycles. The summed E-state index contributed by atoms with van der Waals surface area (Å²) in [5.41, 5.74) is 2.98. The fourth-order valence-electron chi connectivity index (χ4n) is 3.29. The van der Waals surface area contributed by atoms with Crippen molar-refractivity contribution in [3.8, 4) is 38.8 Å². The van der Waals surface area contributed by atoms with Crippen LogP contribution < -0.4 is 4.74 Å². The van der Waals surface area contributed by atoms with Crippen LogP contribution in [-0.2, 0) is 6.42 Å². The van der Waals surface area contributed by atoms with E-state index in [0.29, 0.717) is 34.6 Å². The highest BCUT2D eigenvalue weighted by Gasteiger charge is 2.23. The summed E-state index contributed by atoms with van der Waals surface area (Å²) in [5.74, 6) is -0.596. The summed E-state index contributed by atoms with van der Waals surface area (Å²) in [7, 11) is 0.